The molecule has 1 saturated heterocycles. The maximum absolute atomic E-state index is 12.0. The molecular weight excluding hydrogens is 276 g/mol. The first-order valence-corrected chi connectivity index (χ1v) is 7.31. The van der Waals surface area contributed by atoms with Crippen molar-refractivity contribution in [2.45, 2.75) is 25.0 Å². The van der Waals surface area contributed by atoms with Gasteiger partial charge in [-0.05, 0) is 23.8 Å². The largest absolute Gasteiger partial charge is 0.326 e. The van der Waals surface area contributed by atoms with E-state index in [9.17, 15) is 14.4 Å². The summed E-state index contributed by atoms with van der Waals surface area (Å²) in [5.74, 6) is 0.0101. The van der Waals surface area contributed by atoms with Crippen LogP contribution >= 0.6 is 11.8 Å². The van der Waals surface area contributed by atoms with E-state index in [1.54, 1.807) is 4.90 Å². The first-order chi connectivity index (χ1) is 9.52. The number of amides is 2. The van der Waals surface area contributed by atoms with Gasteiger partial charge in [0.2, 0.25) is 11.8 Å². The standard InChI is InChI=1S/C14H14N2O3S/c1-8(17)20-11-6-14(19)16(7-11)10-2-3-12-9(4-10)5-13(18)15-12/h2-4,11H,5-7H2,1H3,(H,15,18). The number of hydrogen-bond acceptors (Lipinski definition) is 4. The van der Waals surface area contributed by atoms with E-state index in [0.717, 1.165) is 16.9 Å². The number of nitrogens with one attached hydrogen (secondary N) is 1. The Labute approximate surface area is 120 Å². The number of thioether (sulfide) groups is 1. The monoisotopic (exact) mass is 290 g/mol. The van der Waals surface area contributed by atoms with Crippen LogP contribution in [0.4, 0.5) is 11.4 Å². The van der Waals surface area contributed by atoms with E-state index in [0.29, 0.717) is 19.4 Å². The molecule has 6 heteroatoms. The highest BCUT2D eigenvalue weighted by Gasteiger charge is 2.32. The summed E-state index contributed by atoms with van der Waals surface area (Å²) in [4.78, 5) is 36.2. The Morgan fingerprint density at radius 1 is 1.40 bits per heavy atom. The molecule has 3 rings (SSSR count). The fraction of sp³-hybridized carbons (Fsp3) is 0.357. The van der Waals surface area contributed by atoms with Gasteiger partial charge in [-0.15, -0.1) is 0 Å². The minimum atomic E-state index is -0.0186. The Morgan fingerprint density at radius 3 is 2.95 bits per heavy atom. The van der Waals surface area contributed by atoms with E-state index in [2.05, 4.69) is 5.32 Å². The number of carbonyl (C=O) groups excluding carboxylic acids is 3. The topological polar surface area (TPSA) is 66.5 Å². The lowest BCUT2D eigenvalue weighted by Crippen LogP contribution is -2.25. The Bertz CT molecular complexity index is 614. The van der Waals surface area contributed by atoms with Gasteiger partial charge in [0.15, 0.2) is 5.12 Å². The molecule has 0 aromatic heterocycles. The van der Waals surface area contributed by atoms with Crippen LogP contribution < -0.4 is 10.2 Å². The van der Waals surface area contributed by atoms with Crippen LogP contribution in [-0.4, -0.2) is 28.7 Å². The van der Waals surface area contributed by atoms with Crippen molar-refractivity contribution in [1.82, 2.24) is 0 Å². The van der Waals surface area contributed by atoms with Crippen molar-refractivity contribution in [3.05, 3.63) is 23.8 Å². The lowest BCUT2D eigenvalue weighted by atomic mass is 10.1. The zero-order valence-electron chi connectivity index (χ0n) is 11.0. The number of hydrogen-bond donors (Lipinski definition) is 1. The third-order valence-electron chi connectivity index (χ3n) is 3.45. The third-order valence-corrected chi connectivity index (χ3v) is 4.43. The van der Waals surface area contributed by atoms with Crippen LogP contribution in [-0.2, 0) is 20.8 Å². The molecule has 1 fully saturated rings. The number of anilines is 2. The van der Waals surface area contributed by atoms with Crippen LogP contribution in [0.2, 0.25) is 0 Å². The van der Waals surface area contributed by atoms with Crippen LogP contribution in [0, 0.1) is 0 Å². The summed E-state index contributed by atoms with van der Waals surface area (Å²) in [5.41, 5.74) is 2.54. The van der Waals surface area contributed by atoms with Gasteiger partial charge in [0.05, 0.1) is 6.42 Å². The minimum Gasteiger partial charge on any atom is -0.326 e. The molecule has 2 amide bonds. The molecular formula is C14H14N2O3S. The molecule has 0 aliphatic carbocycles. The third kappa shape index (κ3) is 2.43. The lowest BCUT2D eigenvalue weighted by Gasteiger charge is -2.17. The molecule has 0 bridgehead atoms. The zero-order chi connectivity index (χ0) is 14.3. The van der Waals surface area contributed by atoms with Crippen molar-refractivity contribution in [3.8, 4) is 0 Å². The van der Waals surface area contributed by atoms with Gasteiger partial charge in [0.25, 0.3) is 0 Å². The molecule has 20 heavy (non-hydrogen) atoms. The molecule has 0 radical (unpaired) electrons. The van der Waals surface area contributed by atoms with Gasteiger partial charge < -0.3 is 10.2 Å². The molecule has 0 spiro atoms. The molecule has 1 N–H and O–H groups in total. The maximum Gasteiger partial charge on any atom is 0.228 e. The molecule has 2 aliphatic heterocycles. The second-order valence-corrected chi connectivity index (χ2v) is 6.48. The van der Waals surface area contributed by atoms with Gasteiger partial charge in [-0.3, -0.25) is 14.4 Å². The Morgan fingerprint density at radius 2 is 2.20 bits per heavy atom. The summed E-state index contributed by atoms with van der Waals surface area (Å²) >= 11 is 1.22. The van der Waals surface area contributed by atoms with Crippen LogP contribution in [0.15, 0.2) is 18.2 Å². The van der Waals surface area contributed by atoms with Gasteiger partial charge in [0.1, 0.15) is 0 Å². The number of nitrogens with zero attached hydrogens (tertiary/aromatic N) is 1. The van der Waals surface area contributed by atoms with E-state index in [1.807, 2.05) is 18.2 Å². The van der Waals surface area contributed by atoms with Crippen LogP contribution in [0.3, 0.4) is 0 Å². The Hall–Kier alpha value is -1.82. The van der Waals surface area contributed by atoms with Gasteiger partial charge >= 0.3 is 0 Å². The predicted molar refractivity (Wildman–Crippen MR) is 77.8 cm³/mol. The number of carbonyl (C=O) groups is 3. The molecule has 2 heterocycles. The summed E-state index contributed by atoms with van der Waals surface area (Å²) in [6.07, 6.45) is 0.745. The van der Waals surface area contributed by atoms with Crippen molar-refractivity contribution in [2.24, 2.45) is 0 Å². The van der Waals surface area contributed by atoms with Crippen LogP contribution in [0.5, 0.6) is 0 Å². The molecule has 1 aromatic carbocycles. The quantitative estimate of drug-likeness (QED) is 0.897. The van der Waals surface area contributed by atoms with Gasteiger partial charge in [-0.2, -0.15) is 0 Å². The first-order valence-electron chi connectivity index (χ1n) is 6.43. The highest BCUT2D eigenvalue weighted by molar-refractivity contribution is 8.14. The lowest BCUT2D eigenvalue weighted by molar-refractivity contribution is -0.117. The molecule has 104 valence electrons. The summed E-state index contributed by atoms with van der Waals surface area (Å²) in [5, 5.41) is 2.83. The minimum absolute atomic E-state index is 0.0186. The molecule has 2 aliphatic rings. The summed E-state index contributed by atoms with van der Waals surface area (Å²) in [7, 11) is 0. The van der Waals surface area contributed by atoms with Crippen molar-refractivity contribution < 1.29 is 14.4 Å². The molecule has 0 saturated carbocycles. The highest BCUT2D eigenvalue weighted by Crippen LogP contribution is 2.32. The van der Waals surface area contributed by atoms with E-state index in [1.165, 1.54) is 18.7 Å². The van der Waals surface area contributed by atoms with Crippen molar-refractivity contribution in [3.63, 3.8) is 0 Å². The van der Waals surface area contributed by atoms with Gasteiger partial charge in [0, 0.05) is 36.5 Å². The van der Waals surface area contributed by atoms with Crippen molar-refractivity contribution in [2.75, 3.05) is 16.8 Å². The SMILES string of the molecule is CC(=O)SC1CC(=O)N(c2ccc3c(c2)CC(=O)N3)C1. The number of fused-ring (bicyclic) bond motifs is 1. The summed E-state index contributed by atoms with van der Waals surface area (Å²) in [6.45, 7) is 2.06. The second-order valence-electron chi connectivity index (χ2n) is 5.01. The van der Waals surface area contributed by atoms with Gasteiger partial charge in [-0.1, -0.05) is 11.8 Å². The Balaban J connectivity index is 1.80. The second kappa shape index (κ2) is 4.94. The smallest absolute Gasteiger partial charge is 0.228 e. The fourth-order valence-corrected chi connectivity index (χ4v) is 3.54. The normalized spacial score (nSPS) is 21.1. The number of rotatable bonds is 2. The molecule has 5 nitrogen and oxygen atoms in total. The first kappa shape index (κ1) is 13.2. The molecule has 1 unspecified atom stereocenters. The van der Waals surface area contributed by atoms with E-state index in [4.69, 9.17) is 0 Å². The average Bonchev–Trinajstić information content (AvgIpc) is 2.89. The van der Waals surface area contributed by atoms with Crippen LogP contribution in [0.1, 0.15) is 18.9 Å². The highest BCUT2D eigenvalue weighted by atomic mass is 32.2. The van der Waals surface area contributed by atoms with E-state index in [-0.39, 0.29) is 22.2 Å². The van der Waals surface area contributed by atoms with Gasteiger partial charge in [-0.25, -0.2) is 0 Å². The van der Waals surface area contributed by atoms with E-state index < -0.39 is 0 Å². The average molecular weight is 290 g/mol. The fourth-order valence-electron chi connectivity index (χ4n) is 2.62. The number of benzene rings is 1. The van der Waals surface area contributed by atoms with E-state index >= 15 is 0 Å². The molecule has 1 atom stereocenters. The molecule has 1 aromatic rings. The predicted octanol–water partition coefficient (Wildman–Crippen LogP) is 1.57. The van der Waals surface area contributed by atoms with Crippen LogP contribution in [0.25, 0.3) is 0 Å². The van der Waals surface area contributed by atoms with Crippen molar-refractivity contribution in [1.29, 1.82) is 0 Å². The zero-order valence-corrected chi connectivity index (χ0v) is 11.8. The summed E-state index contributed by atoms with van der Waals surface area (Å²) in [6, 6.07) is 5.55. The van der Waals surface area contributed by atoms with Crippen molar-refractivity contribution >= 4 is 40.1 Å². The Kier molecular flexibility index (Phi) is 3.25. The maximum atomic E-state index is 12.0. The summed E-state index contributed by atoms with van der Waals surface area (Å²) < 4.78 is 0.